The second-order valence-electron chi connectivity index (χ2n) is 4.28. The highest BCUT2D eigenvalue weighted by Gasteiger charge is 2.24. The van der Waals surface area contributed by atoms with Gasteiger partial charge < -0.3 is 4.74 Å². The van der Waals surface area contributed by atoms with Gasteiger partial charge in [0.05, 0.1) is 21.6 Å². The van der Waals surface area contributed by atoms with Gasteiger partial charge in [0.25, 0.3) is 5.69 Å². The molecule has 18 heavy (non-hydrogen) atoms. The number of hydrogen-bond donors (Lipinski definition) is 0. The number of ketones is 1. The van der Waals surface area contributed by atoms with E-state index in [1.54, 1.807) is 0 Å². The van der Waals surface area contributed by atoms with E-state index in [1.165, 1.54) is 19.1 Å². The number of halogens is 1. The molecule has 1 aromatic carbocycles. The van der Waals surface area contributed by atoms with Gasteiger partial charge in [-0.3, -0.25) is 14.9 Å². The van der Waals surface area contributed by atoms with Crippen molar-refractivity contribution in [3.63, 3.8) is 0 Å². The van der Waals surface area contributed by atoms with Crippen molar-refractivity contribution in [2.24, 2.45) is 0 Å². The first-order valence-corrected chi connectivity index (χ1v) is 6.02. The van der Waals surface area contributed by atoms with E-state index < -0.39 is 4.92 Å². The minimum Gasteiger partial charge on any atom is -0.489 e. The molecule has 96 valence electrons. The van der Waals surface area contributed by atoms with Crippen LogP contribution in [0.4, 0.5) is 5.69 Å². The highest BCUT2D eigenvalue weighted by molar-refractivity contribution is 6.32. The van der Waals surface area contributed by atoms with Crippen LogP contribution in [0.2, 0.25) is 5.02 Å². The monoisotopic (exact) mass is 269 g/mol. The van der Waals surface area contributed by atoms with Crippen molar-refractivity contribution in [1.29, 1.82) is 0 Å². The van der Waals surface area contributed by atoms with Crippen molar-refractivity contribution in [2.75, 3.05) is 0 Å². The molecular weight excluding hydrogens is 258 g/mol. The van der Waals surface area contributed by atoms with Crippen LogP contribution >= 0.6 is 11.6 Å². The molecule has 1 aliphatic rings. The summed E-state index contributed by atoms with van der Waals surface area (Å²) in [5, 5.41) is 11.0. The first kappa shape index (κ1) is 12.8. The molecule has 0 amide bonds. The molecule has 0 bridgehead atoms. The molecule has 0 spiro atoms. The normalized spacial score (nSPS) is 15.0. The third kappa shape index (κ3) is 2.46. The van der Waals surface area contributed by atoms with E-state index in [2.05, 4.69) is 0 Å². The van der Waals surface area contributed by atoms with Crippen LogP contribution in [0.15, 0.2) is 12.1 Å². The molecule has 0 aliphatic heterocycles. The molecule has 0 radical (unpaired) electrons. The Bertz CT molecular complexity index is 511. The van der Waals surface area contributed by atoms with Crippen molar-refractivity contribution in [1.82, 2.24) is 0 Å². The van der Waals surface area contributed by atoms with Gasteiger partial charge in [-0.1, -0.05) is 11.6 Å². The molecular formula is C12H12ClNO4. The number of carbonyl (C=O) groups excluding carboxylic acids is 1. The number of carbonyl (C=O) groups is 1. The Hall–Kier alpha value is -1.62. The van der Waals surface area contributed by atoms with Crippen LogP contribution in [-0.4, -0.2) is 16.8 Å². The summed E-state index contributed by atoms with van der Waals surface area (Å²) >= 11 is 5.93. The molecule has 0 heterocycles. The summed E-state index contributed by atoms with van der Waals surface area (Å²) < 4.78 is 5.60. The van der Waals surface area contributed by atoms with E-state index in [-0.39, 0.29) is 28.2 Å². The second-order valence-corrected chi connectivity index (χ2v) is 4.69. The van der Waals surface area contributed by atoms with Crippen LogP contribution in [0.3, 0.4) is 0 Å². The van der Waals surface area contributed by atoms with E-state index in [4.69, 9.17) is 16.3 Å². The quantitative estimate of drug-likeness (QED) is 0.477. The highest BCUT2D eigenvalue weighted by Crippen LogP contribution is 2.35. The number of ether oxygens (including phenoxy) is 1. The number of rotatable bonds is 4. The Labute approximate surface area is 109 Å². The molecule has 1 saturated carbocycles. The number of Topliss-reactive ketones (excluding diaryl/α,β-unsaturated/α-hetero) is 1. The molecule has 0 unspecified atom stereocenters. The Morgan fingerprint density at radius 3 is 2.61 bits per heavy atom. The maximum absolute atomic E-state index is 11.4. The number of hydrogen-bond acceptors (Lipinski definition) is 4. The lowest BCUT2D eigenvalue weighted by Gasteiger charge is -2.26. The average molecular weight is 270 g/mol. The van der Waals surface area contributed by atoms with Crippen molar-refractivity contribution in [3.8, 4) is 5.75 Å². The Morgan fingerprint density at radius 2 is 2.17 bits per heavy atom. The average Bonchev–Trinajstić information content (AvgIpc) is 2.23. The minimum atomic E-state index is -0.615. The van der Waals surface area contributed by atoms with Gasteiger partial charge in [0.15, 0.2) is 5.78 Å². The molecule has 0 saturated heterocycles. The standard InChI is InChI=1S/C12H12ClNO4/c1-7(15)9-5-12(18-8-3-2-4-8)10(13)6-11(9)14(16)17/h5-6,8H,2-4H2,1H3. The lowest BCUT2D eigenvalue weighted by atomic mass is 9.96. The molecule has 2 rings (SSSR count). The predicted molar refractivity (Wildman–Crippen MR) is 66.4 cm³/mol. The van der Waals surface area contributed by atoms with Crippen LogP contribution in [0.1, 0.15) is 36.5 Å². The number of nitrogens with zero attached hydrogens (tertiary/aromatic N) is 1. The van der Waals surface area contributed by atoms with Gasteiger partial charge in [-0.05, 0) is 32.3 Å². The van der Waals surface area contributed by atoms with E-state index in [0.29, 0.717) is 5.75 Å². The molecule has 1 aromatic rings. The van der Waals surface area contributed by atoms with Gasteiger partial charge in [-0.25, -0.2) is 0 Å². The maximum atomic E-state index is 11.4. The summed E-state index contributed by atoms with van der Waals surface area (Å²) in [6.07, 6.45) is 3.10. The summed E-state index contributed by atoms with van der Waals surface area (Å²) in [7, 11) is 0. The van der Waals surface area contributed by atoms with Crippen LogP contribution in [-0.2, 0) is 0 Å². The van der Waals surface area contributed by atoms with Crippen LogP contribution in [0, 0.1) is 10.1 Å². The minimum absolute atomic E-state index is 0.0266. The summed E-state index contributed by atoms with van der Waals surface area (Å²) in [5.74, 6) is -0.0333. The van der Waals surface area contributed by atoms with Crippen molar-refractivity contribution < 1.29 is 14.5 Å². The topological polar surface area (TPSA) is 69.4 Å². The maximum Gasteiger partial charge on any atom is 0.281 e. The van der Waals surface area contributed by atoms with E-state index in [0.717, 1.165) is 19.3 Å². The third-order valence-electron chi connectivity index (χ3n) is 2.97. The fourth-order valence-corrected chi connectivity index (χ4v) is 1.94. The van der Waals surface area contributed by atoms with E-state index in [9.17, 15) is 14.9 Å². The zero-order valence-corrected chi connectivity index (χ0v) is 10.6. The number of benzene rings is 1. The lowest BCUT2D eigenvalue weighted by Crippen LogP contribution is -2.24. The van der Waals surface area contributed by atoms with Gasteiger partial charge in [0.2, 0.25) is 0 Å². The van der Waals surface area contributed by atoms with Crippen molar-refractivity contribution in [3.05, 3.63) is 32.8 Å². The lowest BCUT2D eigenvalue weighted by molar-refractivity contribution is -0.385. The van der Waals surface area contributed by atoms with Crippen LogP contribution < -0.4 is 4.74 Å². The van der Waals surface area contributed by atoms with Gasteiger partial charge in [-0.15, -0.1) is 0 Å². The molecule has 5 nitrogen and oxygen atoms in total. The zero-order chi connectivity index (χ0) is 13.3. The highest BCUT2D eigenvalue weighted by atomic mass is 35.5. The number of nitro benzene ring substituents is 1. The molecule has 1 fully saturated rings. The number of nitro groups is 1. The summed E-state index contributed by atoms with van der Waals surface area (Å²) in [6, 6.07) is 2.54. The van der Waals surface area contributed by atoms with Crippen molar-refractivity contribution >= 4 is 23.1 Å². The van der Waals surface area contributed by atoms with Gasteiger partial charge >= 0.3 is 0 Å². The summed E-state index contributed by atoms with van der Waals surface area (Å²) in [5.41, 5.74) is -0.257. The van der Waals surface area contributed by atoms with Crippen molar-refractivity contribution in [2.45, 2.75) is 32.3 Å². The van der Waals surface area contributed by atoms with Gasteiger partial charge in [0, 0.05) is 6.07 Å². The Kier molecular flexibility index (Phi) is 3.52. The Morgan fingerprint density at radius 1 is 1.50 bits per heavy atom. The van der Waals surface area contributed by atoms with Gasteiger partial charge in [0.1, 0.15) is 5.75 Å². The Balaban J connectivity index is 2.38. The molecule has 0 atom stereocenters. The molecule has 0 N–H and O–H groups in total. The third-order valence-corrected chi connectivity index (χ3v) is 3.27. The van der Waals surface area contributed by atoms with E-state index >= 15 is 0 Å². The smallest absolute Gasteiger partial charge is 0.281 e. The van der Waals surface area contributed by atoms with Crippen LogP contribution in [0.5, 0.6) is 5.75 Å². The SMILES string of the molecule is CC(=O)c1cc(OC2CCC2)c(Cl)cc1[N+](=O)[O-]. The summed E-state index contributed by atoms with van der Waals surface area (Å²) in [6.45, 7) is 1.28. The largest absolute Gasteiger partial charge is 0.489 e. The summed E-state index contributed by atoms with van der Waals surface area (Å²) in [4.78, 5) is 21.6. The molecule has 0 aromatic heterocycles. The van der Waals surface area contributed by atoms with Crippen LogP contribution in [0.25, 0.3) is 0 Å². The first-order valence-electron chi connectivity index (χ1n) is 5.64. The van der Waals surface area contributed by atoms with Gasteiger partial charge in [-0.2, -0.15) is 0 Å². The molecule has 1 aliphatic carbocycles. The zero-order valence-electron chi connectivity index (χ0n) is 9.81. The fraction of sp³-hybridized carbons (Fsp3) is 0.417. The second kappa shape index (κ2) is 4.94. The molecule has 6 heteroatoms. The van der Waals surface area contributed by atoms with E-state index in [1.807, 2.05) is 0 Å². The predicted octanol–water partition coefficient (Wildman–Crippen LogP) is 3.38. The first-order chi connectivity index (χ1) is 8.49. The fourth-order valence-electron chi connectivity index (χ4n) is 1.73.